The fourth-order valence-electron chi connectivity index (χ4n) is 3.47. The van der Waals surface area contributed by atoms with Crippen LogP contribution in [-0.2, 0) is 4.79 Å². The maximum atomic E-state index is 12.4. The van der Waals surface area contributed by atoms with Gasteiger partial charge in [-0.15, -0.1) is 0 Å². The SMILES string of the molecule is Cc1cccc(C(=O)N[C@@H](C)C(=O)Nc2ccc(N3CCCCCC3)cc2)c1. The fraction of sp³-hybridized carbons (Fsp3) is 0.391. The van der Waals surface area contributed by atoms with Crippen molar-refractivity contribution in [1.82, 2.24) is 5.32 Å². The molecule has 1 atom stereocenters. The van der Waals surface area contributed by atoms with E-state index in [1.807, 2.05) is 37.3 Å². The fourth-order valence-corrected chi connectivity index (χ4v) is 3.47. The predicted octanol–water partition coefficient (Wildman–Crippen LogP) is 4.13. The lowest BCUT2D eigenvalue weighted by Gasteiger charge is -2.23. The molecule has 2 N–H and O–H groups in total. The Kier molecular flexibility index (Phi) is 6.69. The summed E-state index contributed by atoms with van der Waals surface area (Å²) in [5.41, 5.74) is 3.50. The minimum Gasteiger partial charge on any atom is -0.372 e. The summed E-state index contributed by atoms with van der Waals surface area (Å²) in [7, 11) is 0. The first kappa shape index (κ1) is 19.9. The summed E-state index contributed by atoms with van der Waals surface area (Å²) in [4.78, 5) is 27.2. The molecule has 5 heteroatoms. The van der Waals surface area contributed by atoms with Gasteiger partial charge in [0.2, 0.25) is 5.91 Å². The smallest absolute Gasteiger partial charge is 0.251 e. The lowest BCUT2D eigenvalue weighted by atomic mass is 10.1. The second kappa shape index (κ2) is 9.40. The highest BCUT2D eigenvalue weighted by molar-refractivity contribution is 6.01. The Labute approximate surface area is 167 Å². The van der Waals surface area contributed by atoms with Crippen LogP contribution in [0.25, 0.3) is 0 Å². The monoisotopic (exact) mass is 379 g/mol. The van der Waals surface area contributed by atoms with E-state index >= 15 is 0 Å². The molecule has 1 aliphatic rings. The first-order valence-electron chi connectivity index (χ1n) is 10.1. The second-order valence-corrected chi connectivity index (χ2v) is 7.50. The van der Waals surface area contributed by atoms with Crippen LogP contribution in [0.4, 0.5) is 11.4 Å². The zero-order valence-electron chi connectivity index (χ0n) is 16.7. The molecule has 0 radical (unpaired) electrons. The molecule has 2 aromatic rings. The third-order valence-corrected chi connectivity index (χ3v) is 5.13. The Balaban J connectivity index is 1.55. The number of anilines is 2. The summed E-state index contributed by atoms with van der Waals surface area (Å²) in [6, 6.07) is 14.6. The van der Waals surface area contributed by atoms with Gasteiger partial charge in [0.1, 0.15) is 6.04 Å². The topological polar surface area (TPSA) is 61.4 Å². The number of hydrogen-bond donors (Lipinski definition) is 2. The molecule has 0 bridgehead atoms. The number of nitrogens with one attached hydrogen (secondary N) is 2. The summed E-state index contributed by atoms with van der Waals surface area (Å²) in [6.07, 6.45) is 5.07. The van der Waals surface area contributed by atoms with E-state index in [2.05, 4.69) is 27.7 Å². The Morgan fingerprint density at radius 2 is 1.64 bits per heavy atom. The molecule has 5 nitrogen and oxygen atoms in total. The van der Waals surface area contributed by atoms with Crippen molar-refractivity contribution < 1.29 is 9.59 Å². The highest BCUT2D eigenvalue weighted by atomic mass is 16.2. The van der Waals surface area contributed by atoms with E-state index in [4.69, 9.17) is 0 Å². The molecule has 1 saturated heterocycles. The maximum Gasteiger partial charge on any atom is 0.251 e. The van der Waals surface area contributed by atoms with Crippen molar-refractivity contribution in [2.45, 2.75) is 45.6 Å². The molecule has 2 aromatic carbocycles. The van der Waals surface area contributed by atoms with Gasteiger partial charge in [0.05, 0.1) is 0 Å². The molecule has 3 rings (SSSR count). The highest BCUT2D eigenvalue weighted by Crippen LogP contribution is 2.21. The Hall–Kier alpha value is -2.82. The van der Waals surface area contributed by atoms with Gasteiger partial charge in [-0.1, -0.05) is 30.5 Å². The third kappa shape index (κ3) is 5.35. The van der Waals surface area contributed by atoms with Gasteiger partial charge in [0.25, 0.3) is 5.91 Å². The van der Waals surface area contributed by atoms with Crippen molar-refractivity contribution in [1.29, 1.82) is 0 Å². The summed E-state index contributed by atoms with van der Waals surface area (Å²) < 4.78 is 0. The van der Waals surface area contributed by atoms with Crippen LogP contribution in [0.3, 0.4) is 0 Å². The van der Waals surface area contributed by atoms with Crippen molar-refractivity contribution in [3.8, 4) is 0 Å². The van der Waals surface area contributed by atoms with Gasteiger partial charge in [0.15, 0.2) is 0 Å². The second-order valence-electron chi connectivity index (χ2n) is 7.50. The maximum absolute atomic E-state index is 12.4. The van der Waals surface area contributed by atoms with Crippen molar-refractivity contribution in [2.75, 3.05) is 23.3 Å². The number of benzene rings is 2. The van der Waals surface area contributed by atoms with Crippen LogP contribution < -0.4 is 15.5 Å². The van der Waals surface area contributed by atoms with E-state index in [9.17, 15) is 9.59 Å². The highest BCUT2D eigenvalue weighted by Gasteiger charge is 2.17. The van der Waals surface area contributed by atoms with Crippen LogP contribution >= 0.6 is 0 Å². The molecule has 0 aromatic heterocycles. The molecular weight excluding hydrogens is 350 g/mol. The number of nitrogens with zero attached hydrogens (tertiary/aromatic N) is 1. The molecule has 1 fully saturated rings. The Morgan fingerprint density at radius 1 is 0.964 bits per heavy atom. The summed E-state index contributed by atoms with van der Waals surface area (Å²) in [6.45, 7) is 5.80. The third-order valence-electron chi connectivity index (χ3n) is 5.13. The zero-order valence-corrected chi connectivity index (χ0v) is 16.7. The van der Waals surface area contributed by atoms with Crippen LogP contribution in [0.1, 0.15) is 48.5 Å². The van der Waals surface area contributed by atoms with Gasteiger partial charge in [0, 0.05) is 30.0 Å². The van der Waals surface area contributed by atoms with Gasteiger partial charge in [-0.3, -0.25) is 9.59 Å². The average molecular weight is 380 g/mol. The quantitative estimate of drug-likeness (QED) is 0.821. The van der Waals surface area contributed by atoms with Crippen LogP contribution in [-0.4, -0.2) is 30.9 Å². The number of carbonyl (C=O) groups excluding carboxylic acids is 2. The molecule has 0 spiro atoms. The summed E-state index contributed by atoms with van der Waals surface area (Å²) in [5.74, 6) is -0.480. The van der Waals surface area contributed by atoms with E-state index in [-0.39, 0.29) is 11.8 Å². The first-order valence-corrected chi connectivity index (χ1v) is 10.1. The molecule has 1 heterocycles. The van der Waals surface area contributed by atoms with Crippen LogP contribution in [0.15, 0.2) is 48.5 Å². The van der Waals surface area contributed by atoms with Gasteiger partial charge in [-0.05, 0) is 63.1 Å². The average Bonchev–Trinajstić information content (AvgIpc) is 2.98. The predicted molar refractivity (Wildman–Crippen MR) is 114 cm³/mol. The van der Waals surface area contributed by atoms with Crippen molar-refractivity contribution in [3.05, 3.63) is 59.7 Å². The van der Waals surface area contributed by atoms with Gasteiger partial charge < -0.3 is 15.5 Å². The Morgan fingerprint density at radius 3 is 2.29 bits per heavy atom. The molecule has 28 heavy (non-hydrogen) atoms. The van der Waals surface area contributed by atoms with Gasteiger partial charge in [-0.2, -0.15) is 0 Å². The van der Waals surface area contributed by atoms with E-state index in [1.165, 1.54) is 31.4 Å². The van der Waals surface area contributed by atoms with E-state index in [0.717, 1.165) is 24.3 Å². The lowest BCUT2D eigenvalue weighted by molar-refractivity contribution is -0.117. The molecular formula is C23H29N3O2. The lowest BCUT2D eigenvalue weighted by Crippen LogP contribution is -2.41. The van der Waals surface area contributed by atoms with Crippen molar-refractivity contribution >= 4 is 23.2 Å². The Bertz CT molecular complexity index is 809. The molecule has 2 amide bonds. The molecule has 0 saturated carbocycles. The minimum atomic E-state index is -0.627. The normalized spacial score (nSPS) is 15.4. The molecule has 0 unspecified atom stereocenters. The summed E-state index contributed by atoms with van der Waals surface area (Å²) >= 11 is 0. The van der Waals surface area contributed by atoms with E-state index < -0.39 is 6.04 Å². The van der Waals surface area contributed by atoms with Crippen molar-refractivity contribution in [3.63, 3.8) is 0 Å². The minimum absolute atomic E-state index is 0.233. The summed E-state index contributed by atoms with van der Waals surface area (Å²) in [5, 5.41) is 5.63. The number of hydrogen-bond acceptors (Lipinski definition) is 3. The van der Waals surface area contributed by atoms with Crippen LogP contribution in [0, 0.1) is 6.92 Å². The molecule has 148 valence electrons. The van der Waals surface area contributed by atoms with E-state index in [0.29, 0.717) is 5.56 Å². The van der Waals surface area contributed by atoms with Crippen molar-refractivity contribution in [2.24, 2.45) is 0 Å². The standard InChI is InChI=1S/C23H29N3O2/c1-17-8-7-9-19(16-17)23(28)24-18(2)22(27)25-20-10-12-21(13-11-20)26-14-5-3-4-6-15-26/h7-13,16,18H,3-6,14-15H2,1-2H3,(H,24,28)(H,25,27)/t18-/m0/s1. The van der Waals surface area contributed by atoms with E-state index in [1.54, 1.807) is 13.0 Å². The number of rotatable bonds is 5. The molecule has 1 aliphatic heterocycles. The van der Waals surface area contributed by atoms with Gasteiger partial charge >= 0.3 is 0 Å². The molecule has 0 aliphatic carbocycles. The number of carbonyl (C=O) groups is 2. The van der Waals surface area contributed by atoms with Crippen LogP contribution in [0.5, 0.6) is 0 Å². The largest absolute Gasteiger partial charge is 0.372 e. The number of amides is 2. The zero-order chi connectivity index (χ0) is 19.9. The van der Waals surface area contributed by atoms with Gasteiger partial charge in [-0.25, -0.2) is 0 Å². The van der Waals surface area contributed by atoms with Crippen LogP contribution in [0.2, 0.25) is 0 Å². The number of aryl methyl sites for hydroxylation is 1. The first-order chi connectivity index (χ1) is 13.5.